The molecule has 1 aliphatic rings. The SMILES string of the molecule is O=C(NCc1ccco1)c1cc(-c2ccc3c(c2)CCO3)n[nH]1. The maximum absolute atomic E-state index is 12.1. The number of rotatable bonds is 4. The van der Waals surface area contributed by atoms with Gasteiger partial charge in [0.25, 0.3) is 5.91 Å². The van der Waals surface area contributed by atoms with Crippen LogP contribution in [0.2, 0.25) is 0 Å². The number of carbonyl (C=O) groups excluding carboxylic acids is 1. The first-order valence-corrected chi connectivity index (χ1v) is 7.42. The zero-order chi connectivity index (χ0) is 15.6. The molecule has 4 rings (SSSR count). The lowest BCUT2D eigenvalue weighted by molar-refractivity contribution is 0.0943. The fourth-order valence-electron chi connectivity index (χ4n) is 2.61. The molecule has 2 aromatic heterocycles. The van der Waals surface area contributed by atoms with Gasteiger partial charge in [-0.05, 0) is 42.0 Å². The van der Waals surface area contributed by atoms with Crippen LogP contribution in [-0.2, 0) is 13.0 Å². The molecular formula is C17H15N3O3. The fourth-order valence-corrected chi connectivity index (χ4v) is 2.61. The molecule has 0 unspecified atom stereocenters. The van der Waals surface area contributed by atoms with Crippen LogP contribution in [0.25, 0.3) is 11.3 Å². The molecule has 3 aromatic rings. The first-order chi connectivity index (χ1) is 11.3. The van der Waals surface area contributed by atoms with E-state index in [0.29, 0.717) is 18.0 Å². The van der Waals surface area contributed by atoms with Gasteiger partial charge in [-0.15, -0.1) is 0 Å². The third-order valence-corrected chi connectivity index (χ3v) is 3.81. The van der Waals surface area contributed by atoms with E-state index in [1.54, 1.807) is 18.4 Å². The minimum absolute atomic E-state index is 0.218. The Hall–Kier alpha value is -3.02. The van der Waals surface area contributed by atoms with E-state index in [1.807, 2.05) is 18.2 Å². The van der Waals surface area contributed by atoms with Crippen LogP contribution in [0.3, 0.4) is 0 Å². The third-order valence-electron chi connectivity index (χ3n) is 3.81. The quantitative estimate of drug-likeness (QED) is 0.776. The van der Waals surface area contributed by atoms with Gasteiger partial charge in [0, 0.05) is 12.0 Å². The molecule has 0 bridgehead atoms. The summed E-state index contributed by atoms with van der Waals surface area (Å²) >= 11 is 0. The van der Waals surface area contributed by atoms with Gasteiger partial charge >= 0.3 is 0 Å². The molecule has 0 spiro atoms. The lowest BCUT2D eigenvalue weighted by Crippen LogP contribution is -2.22. The average Bonchev–Trinajstić information content (AvgIpc) is 3.32. The van der Waals surface area contributed by atoms with Gasteiger partial charge < -0.3 is 14.5 Å². The van der Waals surface area contributed by atoms with Crippen LogP contribution >= 0.6 is 0 Å². The Labute approximate surface area is 132 Å². The molecule has 0 saturated heterocycles. The maximum Gasteiger partial charge on any atom is 0.269 e. The summed E-state index contributed by atoms with van der Waals surface area (Å²) in [6.45, 7) is 1.07. The molecule has 1 amide bonds. The van der Waals surface area contributed by atoms with Gasteiger partial charge in [-0.2, -0.15) is 5.10 Å². The topological polar surface area (TPSA) is 80.2 Å². The summed E-state index contributed by atoms with van der Waals surface area (Å²) in [5.41, 5.74) is 3.30. The maximum atomic E-state index is 12.1. The van der Waals surface area contributed by atoms with Crippen LogP contribution in [0.15, 0.2) is 47.1 Å². The predicted molar refractivity (Wildman–Crippen MR) is 83.1 cm³/mol. The Morgan fingerprint density at radius 3 is 3.13 bits per heavy atom. The second-order valence-electron chi connectivity index (χ2n) is 5.35. The van der Waals surface area contributed by atoms with Crippen molar-refractivity contribution >= 4 is 5.91 Å². The highest BCUT2D eigenvalue weighted by atomic mass is 16.5. The number of H-pyrrole nitrogens is 1. The fraction of sp³-hybridized carbons (Fsp3) is 0.176. The van der Waals surface area contributed by atoms with Crippen molar-refractivity contribution in [2.75, 3.05) is 6.61 Å². The number of hydrogen-bond acceptors (Lipinski definition) is 4. The summed E-state index contributed by atoms with van der Waals surface area (Å²) in [5, 5.41) is 9.79. The Bertz CT molecular complexity index is 837. The summed E-state index contributed by atoms with van der Waals surface area (Å²) in [5.74, 6) is 1.42. The molecule has 0 saturated carbocycles. The van der Waals surface area contributed by atoms with Crippen molar-refractivity contribution in [3.63, 3.8) is 0 Å². The average molecular weight is 309 g/mol. The van der Waals surface area contributed by atoms with Crippen LogP contribution < -0.4 is 10.1 Å². The second kappa shape index (κ2) is 5.64. The van der Waals surface area contributed by atoms with E-state index in [9.17, 15) is 4.79 Å². The first kappa shape index (κ1) is 13.6. The van der Waals surface area contributed by atoms with E-state index in [1.165, 1.54) is 5.56 Å². The number of benzene rings is 1. The molecule has 0 aliphatic carbocycles. The lowest BCUT2D eigenvalue weighted by atomic mass is 10.1. The molecule has 2 N–H and O–H groups in total. The van der Waals surface area contributed by atoms with Crippen molar-refractivity contribution in [1.29, 1.82) is 0 Å². The second-order valence-corrected chi connectivity index (χ2v) is 5.35. The number of amides is 1. The normalized spacial score (nSPS) is 12.7. The summed E-state index contributed by atoms with van der Waals surface area (Å²) < 4.78 is 10.7. The lowest BCUT2D eigenvalue weighted by Gasteiger charge is -2.01. The van der Waals surface area contributed by atoms with Crippen molar-refractivity contribution in [3.05, 3.63) is 59.7 Å². The minimum Gasteiger partial charge on any atom is -0.493 e. The van der Waals surface area contributed by atoms with E-state index in [-0.39, 0.29) is 5.91 Å². The predicted octanol–water partition coefficient (Wildman–Crippen LogP) is 2.53. The van der Waals surface area contributed by atoms with Gasteiger partial charge in [-0.25, -0.2) is 0 Å². The van der Waals surface area contributed by atoms with Gasteiger partial charge in [0.05, 0.1) is 25.1 Å². The zero-order valence-corrected chi connectivity index (χ0v) is 12.3. The standard InChI is InChI=1S/C17H15N3O3/c21-17(18-10-13-2-1-6-22-13)15-9-14(19-20-15)11-3-4-16-12(8-11)5-7-23-16/h1-4,6,8-9H,5,7,10H2,(H,18,21)(H,19,20). The summed E-state index contributed by atoms with van der Waals surface area (Å²) in [7, 11) is 0. The van der Waals surface area contributed by atoms with Crippen molar-refractivity contribution in [3.8, 4) is 17.0 Å². The smallest absolute Gasteiger partial charge is 0.269 e. The highest BCUT2D eigenvalue weighted by Gasteiger charge is 2.15. The number of fused-ring (bicyclic) bond motifs is 1. The van der Waals surface area contributed by atoms with Gasteiger partial charge in [-0.3, -0.25) is 9.89 Å². The summed E-state index contributed by atoms with van der Waals surface area (Å²) in [6.07, 6.45) is 2.48. The van der Waals surface area contributed by atoms with Crippen molar-refractivity contribution in [2.45, 2.75) is 13.0 Å². The molecule has 6 nitrogen and oxygen atoms in total. The Morgan fingerprint density at radius 1 is 1.30 bits per heavy atom. The first-order valence-electron chi connectivity index (χ1n) is 7.42. The van der Waals surface area contributed by atoms with Gasteiger partial charge in [0.15, 0.2) is 0 Å². The largest absolute Gasteiger partial charge is 0.493 e. The van der Waals surface area contributed by atoms with Crippen molar-refractivity contribution in [2.24, 2.45) is 0 Å². The monoisotopic (exact) mass is 309 g/mol. The number of carbonyl (C=O) groups is 1. The van der Waals surface area contributed by atoms with Crippen LogP contribution in [0.4, 0.5) is 0 Å². The van der Waals surface area contributed by atoms with Crippen LogP contribution in [0, 0.1) is 0 Å². The summed E-state index contributed by atoms with van der Waals surface area (Å²) in [4.78, 5) is 12.1. The Kier molecular flexibility index (Phi) is 3.34. The number of furan rings is 1. The molecule has 6 heteroatoms. The van der Waals surface area contributed by atoms with E-state index in [0.717, 1.165) is 30.0 Å². The van der Waals surface area contributed by atoms with Gasteiger partial charge in [0.2, 0.25) is 0 Å². The highest BCUT2D eigenvalue weighted by Crippen LogP contribution is 2.29. The minimum atomic E-state index is -0.218. The van der Waals surface area contributed by atoms with Crippen LogP contribution in [-0.4, -0.2) is 22.7 Å². The molecule has 0 radical (unpaired) electrons. The Morgan fingerprint density at radius 2 is 2.26 bits per heavy atom. The number of nitrogens with one attached hydrogen (secondary N) is 2. The Balaban J connectivity index is 1.49. The molecule has 1 aromatic carbocycles. The molecule has 0 atom stereocenters. The summed E-state index contributed by atoms with van der Waals surface area (Å²) in [6, 6.07) is 11.3. The number of ether oxygens (including phenoxy) is 1. The molecule has 116 valence electrons. The van der Waals surface area contributed by atoms with Crippen molar-refractivity contribution < 1.29 is 13.9 Å². The van der Waals surface area contributed by atoms with Crippen molar-refractivity contribution in [1.82, 2.24) is 15.5 Å². The number of aromatic nitrogens is 2. The molecule has 23 heavy (non-hydrogen) atoms. The van der Waals surface area contributed by atoms with E-state index < -0.39 is 0 Å². The molecule has 0 fully saturated rings. The highest BCUT2D eigenvalue weighted by molar-refractivity contribution is 5.93. The molecular weight excluding hydrogens is 294 g/mol. The van der Waals surface area contributed by atoms with Gasteiger partial charge in [0.1, 0.15) is 17.2 Å². The number of hydrogen-bond donors (Lipinski definition) is 2. The zero-order valence-electron chi connectivity index (χ0n) is 12.3. The van der Waals surface area contributed by atoms with E-state index in [4.69, 9.17) is 9.15 Å². The number of nitrogens with zero attached hydrogens (tertiary/aromatic N) is 1. The third kappa shape index (κ3) is 2.70. The number of aromatic amines is 1. The van der Waals surface area contributed by atoms with Crippen LogP contribution in [0.1, 0.15) is 21.8 Å². The molecule has 1 aliphatic heterocycles. The van der Waals surface area contributed by atoms with Gasteiger partial charge in [-0.1, -0.05) is 0 Å². The van der Waals surface area contributed by atoms with E-state index >= 15 is 0 Å². The van der Waals surface area contributed by atoms with E-state index in [2.05, 4.69) is 21.6 Å². The molecule has 3 heterocycles. The van der Waals surface area contributed by atoms with Crippen LogP contribution in [0.5, 0.6) is 5.75 Å².